The Morgan fingerprint density at radius 1 is 1.07 bits per heavy atom. The maximum Gasteiger partial charge on any atom is 0.505 e. The van der Waals surface area contributed by atoms with Gasteiger partial charge >= 0.3 is 6.16 Å². The van der Waals surface area contributed by atoms with Crippen molar-refractivity contribution in [3.63, 3.8) is 0 Å². The molecule has 0 spiro atoms. The molecule has 1 unspecified atom stereocenters. The number of hydrogen-bond donors (Lipinski definition) is 2. The van der Waals surface area contributed by atoms with E-state index in [1.807, 2.05) is 0 Å². The number of amides is 4. The number of imide groups is 2. The minimum atomic E-state index is -1.28. The molecule has 0 saturated carbocycles. The molecule has 4 amide bonds. The Labute approximate surface area is 171 Å². The number of fused-ring (bicyclic) bond motifs is 1. The molecule has 0 bridgehead atoms. The lowest BCUT2D eigenvalue weighted by molar-refractivity contribution is -0.136. The molecular weight excluding hydrogens is 394 g/mol. The maximum atomic E-state index is 12.9. The van der Waals surface area contributed by atoms with Gasteiger partial charge in [0.25, 0.3) is 11.8 Å². The molecule has 0 radical (unpaired) electrons. The van der Waals surface area contributed by atoms with E-state index in [-0.39, 0.29) is 36.5 Å². The van der Waals surface area contributed by atoms with Gasteiger partial charge in [-0.05, 0) is 43.4 Å². The Bertz CT molecular complexity index is 936. The summed E-state index contributed by atoms with van der Waals surface area (Å²) in [5.74, 6) is -1.95. The number of nitrogens with one attached hydrogen (secondary N) is 1. The van der Waals surface area contributed by atoms with Crippen LogP contribution in [0.4, 0.5) is 10.5 Å². The summed E-state index contributed by atoms with van der Waals surface area (Å²) in [5, 5.41) is 10.8. The van der Waals surface area contributed by atoms with E-state index in [1.54, 1.807) is 18.2 Å². The van der Waals surface area contributed by atoms with Gasteiger partial charge in [-0.1, -0.05) is 0 Å². The standard InChI is InChI=1S/C20H21N3O7/c24-16-4-3-15(17(25)21-16)23-18(26)13-2-1-12(9-14(13)19(23)27)22-7-5-11(6-8-22)10-30-20(28)29/h1-2,9,11,15H,3-8,10H2,(H,28,29)(H,21,24,25). The Kier molecular flexibility index (Phi) is 5.15. The van der Waals surface area contributed by atoms with Gasteiger partial charge < -0.3 is 14.7 Å². The zero-order valence-corrected chi connectivity index (χ0v) is 16.1. The van der Waals surface area contributed by atoms with Crippen LogP contribution in [0.15, 0.2) is 18.2 Å². The van der Waals surface area contributed by atoms with Gasteiger partial charge in [0.15, 0.2) is 0 Å². The van der Waals surface area contributed by atoms with Crippen LogP contribution >= 0.6 is 0 Å². The van der Waals surface area contributed by atoms with Crippen molar-refractivity contribution in [1.82, 2.24) is 10.2 Å². The van der Waals surface area contributed by atoms with Crippen molar-refractivity contribution in [2.45, 2.75) is 31.7 Å². The van der Waals surface area contributed by atoms with E-state index >= 15 is 0 Å². The fourth-order valence-electron chi connectivity index (χ4n) is 4.20. The van der Waals surface area contributed by atoms with Crippen molar-refractivity contribution in [2.75, 3.05) is 24.6 Å². The van der Waals surface area contributed by atoms with Gasteiger partial charge in [0.05, 0.1) is 17.7 Å². The van der Waals surface area contributed by atoms with E-state index in [1.165, 1.54) is 0 Å². The second-order valence-corrected chi connectivity index (χ2v) is 7.68. The topological polar surface area (TPSA) is 133 Å². The second-order valence-electron chi connectivity index (χ2n) is 7.68. The van der Waals surface area contributed by atoms with E-state index in [0.29, 0.717) is 13.1 Å². The molecule has 0 aliphatic carbocycles. The van der Waals surface area contributed by atoms with Gasteiger partial charge in [-0.2, -0.15) is 0 Å². The normalized spacial score (nSPS) is 22.2. The molecule has 10 heteroatoms. The van der Waals surface area contributed by atoms with Crippen molar-refractivity contribution in [3.05, 3.63) is 29.3 Å². The van der Waals surface area contributed by atoms with E-state index in [9.17, 15) is 24.0 Å². The predicted molar refractivity (Wildman–Crippen MR) is 102 cm³/mol. The average molecular weight is 415 g/mol. The number of carboxylic acid groups (broad SMARTS) is 1. The Morgan fingerprint density at radius 3 is 2.43 bits per heavy atom. The lowest BCUT2D eigenvalue weighted by atomic mass is 9.97. The second kappa shape index (κ2) is 7.77. The fourth-order valence-corrected chi connectivity index (χ4v) is 4.20. The zero-order valence-electron chi connectivity index (χ0n) is 16.1. The first-order chi connectivity index (χ1) is 14.3. The third kappa shape index (κ3) is 3.60. The van der Waals surface area contributed by atoms with Crippen molar-refractivity contribution in [3.8, 4) is 0 Å². The fraction of sp³-hybridized carbons (Fsp3) is 0.450. The summed E-state index contributed by atoms with van der Waals surface area (Å²) >= 11 is 0. The number of rotatable bonds is 4. The van der Waals surface area contributed by atoms with Crippen molar-refractivity contribution >= 4 is 35.5 Å². The number of carbonyl (C=O) groups is 5. The summed E-state index contributed by atoms with van der Waals surface area (Å²) in [5.41, 5.74) is 1.29. The number of ether oxygens (including phenoxy) is 1. The summed E-state index contributed by atoms with van der Waals surface area (Å²) in [7, 11) is 0. The van der Waals surface area contributed by atoms with Gasteiger partial charge in [0.2, 0.25) is 11.8 Å². The largest absolute Gasteiger partial charge is 0.505 e. The lowest BCUT2D eigenvalue weighted by Crippen LogP contribution is -2.54. The number of benzene rings is 1. The minimum absolute atomic E-state index is 0.0790. The van der Waals surface area contributed by atoms with Gasteiger partial charge in [0, 0.05) is 25.2 Å². The predicted octanol–water partition coefficient (Wildman–Crippen LogP) is 0.999. The average Bonchev–Trinajstić information content (AvgIpc) is 2.97. The van der Waals surface area contributed by atoms with Crippen molar-refractivity contribution in [1.29, 1.82) is 0 Å². The van der Waals surface area contributed by atoms with Crippen molar-refractivity contribution in [2.24, 2.45) is 5.92 Å². The summed E-state index contributed by atoms with van der Waals surface area (Å²) in [6, 6.07) is 4.04. The molecule has 158 valence electrons. The van der Waals surface area contributed by atoms with Crippen LogP contribution in [0.5, 0.6) is 0 Å². The molecule has 3 aliphatic rings. The van der Waals surface area contributed by atoms with Gasteiger partial charge in [0.1, 0.15) is 6.04 Å². The van der Waals surface area contributed by atoms with Crippen LogP contribution in [-0.4, -0.2) is 65.5 Å². The Balaban J connectivity index is 1.47. The SMILES string of the molecule is O=C1CCC(N2C(=O)c3ccc(N4CCC(COC(=O)O)CC4)cc3C2=O)C(=O)N1. The first-order valence-corrected chi connectivity index (χ1v) is 9.81. The van der Waals surface area contributed by atoms with Gasteiger partial charge in [-0.15, -0.1) is 0 Å². The highest BCUT2D eigenvalue weighted by molar-refractivity contribution is 6.23. The van der Waals surface area contributed by atoms with Crippen molar-refractivity contribution < 1.29 is 33.8 Å². The molecule has 2 saturated heterocycles. The van der Waals surface area contributed by atoms with Crippen LogP contribution in [0.3, 0.4) is 0 Å². The molecule has 0 aromatic heterocycles. The minimum Gasteiger partial charge on any atom is -0.450 e. The first kappa shape index (κ1) is 19.9. The molecule has 30 heavy (non-hydrogen) atoms. The zero-order chi connectivity index (χ0) is 21.4. The summed E-state index contributed by atoms with van der Waals surface area (Å²) < 4.78 is 4.65. The van der Waals surface area contributed by atoms with E-state index < -0.39 is 35.8 Å². The van der Waals surface area contributed by atoms with Crippen LogP contribution < -0.4 is 10.2 Å². The number of piperidine rings is 2. The monoisotopic (exact) mass is 415 g/mol. The molecule has 1 aromatic carbocycles. The molecule has 3 heterocycles. The summed E-state index contributed by atoms with van der Waals surface area (Å²) in [4.78, 5) is 62.7. The van der Waals surface area contributed by atoms with E-state index in [2.05, 4.69) is 15.0 Å². The molecule has 4 rings (SSSR count). The van der Waals surface area contributed by atoms with Crippen LogP contribution in [0.25, 0.3) is 0 Å². The van der Waals surface area contributed by atoms with Crippen LogP contribution in [0, 0.1) is 5.92 Å². The maximum absolute atomic E-state index is 12.9. The highest BCUT2D eigenvalue weighted by Gasteiger charge is 2.44. The molecule has 1 aromatic rings. The lowest BCUT2D eigenvalue weighted by Gasteiger charge is -2.33. The molecular formula is C20H21N3O7. The molecule has 1 atom stereocenters. The summed E-state index contributed by atoms with van der Waals surface area (Å²) in [6.45, 7) is 1.51. The number of nitrogens with zero attached hydrogens (tertiary/aromatic N) is 2. The number of hydrogen-bond acceptors (Lipinski definition) is 7. The Hall–Kier alpha value is -3.43. The van der Waals surface area contributed by atoms with Crippen LogP contribution in [0.1, 0.15) is 46.4 Å². The quantitative estimate of drug-likeness (QED) is 0.550. The smallest absolute Gasteiger partial charge is 0.450 e. The van der Waals surface area contributed by atoms with Crippen LogP contribution in [0.2, 0.25) is 0 Å². The Morgan fingerprint density at radius 2 is 1.77 bits per heavy atom. The number of carbonyl (C=O) groups excluding carboxylic acids is 4. The number of anilines is 1. The third-order valence-electron chi connectivity index (χ3n) is 5.85. The molecule has 2 fully saturated rings. The van der Waals surface area contributed by atoms with E-state index in [4.69, 9.17) is 5.11 Å². The third-order valence-corrected chi connectivity index (χ3v) is 5.85. The molecule has 3 aliphatic heterocycles. The first-order valence-electron chi connectivity index (χ1n) is 9.81. The van der Waals surface area contributed by atoms with Gasteiger partial charge in [-0.3, -0.25) is 29.4 Å². The summed E-state index contributed by atoms with van der Waals surface area (Å²) in [6.07, 6.45) is 0.420. The van der Waals surface area contributed by atoms with Crippen LogP contribution in [-0.2, 0) is 14.3 Å². The highest BCUT2D eigenvalue weighted by atomic mass is 16.7. The highest BCUT2D eigenvalue weighted by Crippen LogP contribution is 2.32. The van der Waals surface area contributed by atoms with E-state index in [0.717, 1.165) is 23.4 Å². The van der Waals surface area contributed by atoms with Gasteiger partial charge in [-0.25, -0.2) is 4.79 Å². The molecule has 2 N–H and O–H groups in total. The molecule has 10 nitrogen and oxygen atoms in total.